The SMILES string of the molecule is CCC(N)Cc1nc(-c2cccc(O)c2)no1. The van der Waals surface area contributed by atoms with Crippen molar-refractivity contribution in [2.24, 2.45) is 5.73 Å². The van der Waals surface area contributed by atoms with E-state index in [0.29, 0.717) is 18.1 Å². The zero-order valence-electron chi connectivity index (χ0n) is 9.63. The molecule has 1 atom stereocenters. The summed E-state index contributed by atoms with van der Waals surface area (Å²) < 4.78 is 5.11. The number of phenolic OH excluding ortho intramolecular Hbond substituents is 1. The van der Waals surface area contributed by atoms with Crippen molar-refractivity contribution in [3.05, 3.63) is 30.2 Å². The molecule has 90 valence electrons. The van der Waals surface area contributed by atoms with E-state index in [1.54, 1.807) is 18.2 Å². The predicted molar refractivity (Wildman–Crippen MR) is 63.4 cm³/mol. The number of hydrogen-bond acceptors (Lipinski definition) is 5. The van der Waals surface area contributed by atoms with E-state index in [1.807, 2.05) is 13.0 Å². The van der Waals surface area contributed by atoms with E-state index in [0.717, 1.165) is 12.0 Å². The summed E-state index contributed by atoms with van der Waals surface area (Å²) in [6.45, 7) is 2.01. The summed E-state index contributed by atoms with van der Waals surface area (Å²) in [5.41, 5.74) is 6.54. The minimum Gasteiger partial charge on any atom is -0.508 e. The molecule has 3 N–H and O–H groups in total. The number of nitrogens with zero attached hydrogens (tertiary/aromatic N) is 2. The van der Waals surface area contributed by atoms with Crippen LogP contribution in [0.1, 0.15) is 19.2 Å². The lowest BCUT2D eigenvalue weighted by molar-refractivity contribution is 0.368. The van der Waals surface area contributed by atoms with Crippen LogP contribution >= 0.6 is 0 Å². The molecule has 5 nitrogen and oxygen atoms in total. The molecule has 0 spiro atoms. The third-order valence-corrected chi connectivity index (χ3v) is 2.53. The van der Waals surface area contributed by atoms with E-state index >= 15 is 0 Å². The Hall–Kier alpha value is -1.88. The first-order valence-corrected chi connectivity index (χ1v) is 5.56. The zero-order chi connectivity index (χ0) is 12.3. The first-order chi connectivity index (χ1) is 8.19. The van der Waals surface area contributed by atoms with Gasteiger partial charge in [-0.1, -0.05) is 24.2 Å². The topological polar surface area (TPSA) is 85.2 Å². The maximum Gasteiger partial charge on any atom is 0.228 e. The molecule has 0 aliphatic carbocycles. The van der Waals surface area contributed by atoms with Crippen LogP contribution in [0.2, 0.25) is 0 Å². The van der Waals surface area contributed by atoms with Gasteiger partial charge in [-0.3, -0.25) is 0 Å². The average molecular weight is 233 g/mol. The average Bonchev–Trinajstić information content (AvgIpc) is 2.77. The number of hydrogen-bond donors (Lipinski definition) is 2. The number of phenols is 1. The second-order valence-electron chi connectivity index (χ2n) is 3.93. The second-order valence-corrected chi connectivity index (χ2v) is 3.93. The summed E-state index contributed by atoms with van der Waals surface area (Å²) in [7, 11) is 0. The van der Waals surface area contributed by atoms with Crippen molar-refractivity contribution >= 4 is 0 Å². The summed E-state index contributed by atoms with van der Waals surface area (Å²) in [4.78, 5) is 4.24. The van der Waals surface area contributed by atoms with Crippen molar-refractivity contribution in [3.63, 3.8) is 0 Å². The Morgan fingerprint density at radius 2 is 2.29 bits per heavy atom. The van der Waals surface area contributed by atoms with Crippen LogP contribution in [0, 0.1) is 0 Å². The van der Waals surface area contributed by atoms with E-state index in [1.165, 1.54) is 0 Å². The van der Waals surface area contributed by atoms with Crippen molar-refractivity contribution in [3.8, 4) is 17.1 Å². The highest BCUT2D eigenvalue weighted by Gasteiger charge is 2.11. The first-order valence-electron chi connectivity index (χ1n) is 5.56. The minimum absolute atomic E-state index is 0.0347. The van der Waals surface area contributed by atoms with Crippen LogP contribution in [-0.4, -0.2) is 21.3 Å². The highest BCUT2D eigenvalue weighted by atomic mass is 16.5. The molecule has 0 fully saturated rings. The largest absolute Gasteiger partial charge is 0.508 e. The molecule has 0 bridgehead atoms. The maximum atomic E-state index is 9.36. The highest BCUT2D eigenvalue weighted by Crippen LogP contribution is 2.20. The van der Waals surface area contributed by atoms with Crippen molar-refractivity contribution < 1.29 is 9.63 Å². The second kappa shape index (κ2) is 4.97. The van der Waals surface area contributed by atoms with Crippen LogP contribution in [0.4, 0.5) is 0 Å². The van der Waals surface area contributed by atoms with Crippen LogP contribution < -0.4 is 5.73 Å². The van der Waals surface area contributed by atoms with Gasteiger partial charge in [-0.15, -0.1) is 0 Å². The summed E-state index contributed by atoms with van der Waals surface area (Å²) in [6.07, 6.45) is 1.44. The number of nitrogens with two attached hydrogens (primary N) is 1. The van der Waals surface area contributed by atoms with Gasteiger partial charge in [0.25, 0.3) is 0 Å². The summed E-state index contributed by atoms with van der Waals surface area (Å²) in [5, 5.41) is 13.2. The van der Waals surface area contributed by atoms with Crippen molar-refractivity contribution in [1.29, 1.82) is 0 Å². The Morgan fingerprint density at radius 1 is 1.47 bits per heavy atom. The van der Waals surface area contributed by atoms with Crippen LogP contribution in [0.15, 0.2) is 28.8 Å². The van der Waals surface area contributed by atoms with Gasteiger partial charge in [0.2, 0.25) is 11.7 Å². The molecular weight excluding hydrogens is 218 g/mol. The molecule has 0 saturated heterocycles. The normalized spacial score (nSPS) is 12.6. The van der Waals surface area contributed by atoms with Gasteiger partial charge in [-0.2, -0.15) is 4.98 Å². The number of aromatic nitrogens is 2. The smallest absolute Gasteiger partial charge is 0.228 e. The fourth-order valence-corrected chi connectivity index (χ4v) is 1.47. The van der Waals surface area contributed by atoms with E-state index in [2.05, 4.69) is 10.1 Å². The lowest BCUT2D eigenvalue weighted by Gasteiger charge is -2.02. The van der Waals surface area contributed by atoms with Gasteiger partial charge in [0.05, 0.1) is 0 Å². The molecule has 2 aromatic rings. The van der Waals surface area contributed by atoms with Gasteiger partial charge in [0.15, 0.2) is 0 Å². The third-order valence-electron chi connectivity index (χ3n) is 2.53. The predicted octanol–water partition coefficient (Wildman–Crippen LogP) is 1.72. The Labute approximate surface area is 99.3 Å². The van der Waals surface area contributed by atoms with E-state index < -0.39 is 0 Å². The monoisotopic (exact) mass is 233 g/mol. The molecule has 0 radical (unpaired) electrons. The molecule has 1 heterocycles. The molecular formula is C12H15N3O2. The highest BCUT2D eigenvalue weighted by molar-refractivity contribution is 5.56. The van der Waals surface area contributed by atoms with Gasteiger partial charge in [-0.05, 0) is 18.6 Å². The van der Waals surface area contributed by atoms with Crippen LogP contribution in [0.5, 0.6) is 5.75 Å². The molecule has 1 aromatic carbocycles. The van der Waals surface area contributed by atoms with Gasteiger partial charge in [0, 0.05) is 18.0 Å². The third kappa shape index (κ3) is 2.82. The Morgan fingerprint density at radius 3 is 3.00 bits per heavy atom. The first kappa shape index (κ1) is 11.6. The van der Waals surface area contributed by atoms with Gasteiger partial charge in [-0.25, -0.2) is 0 Å². The fourth-order valence-electron chi connectivity index (χ4n) is 1.47. The summed E-state index contributed by atoms with van der Waals surface area (Å²) >= 11 is 0. The molecule has 0 aliphatic heterocycles. The molecule has 17 heavy (non-hydrogen) atoms. The van der Waals surface area contributed by atoms with Crippen LogP contribution in [0.25, 0.3) is 11.4 Å². The molecule has 0 amide bonds. The number of benzene rings is 1. The molecule has 0 saturated carbocycles. The van der Waals surface area contributed by atoms with Crippen molar-refractivity contribution in [1.82, 2.24) is 10.1 Å². The van der Waals surface area contributed by atoms with Crippen molar-refractivity contribution in [2.45, 2.75) is 25.8 Å². The van der Waals surface area contributed by atoms with E-state index in [9.17, 15) is 5.11 Å². The Bertz CT molecular complexity index is 496. The number of rotatable bonds is 4. The number of aromatic hydroxyl groups is 1. The minimum atomic E-state index is 0.0347. The van der Waals surface area contributed by atoms with Gasteiger partial charge < -0.3 is 15.4 Å². The lowest BCUT2D eigenvalue weighted by atomic mass is 10.2. The Kier molecular flexibility index (Phi) is 3.39. The van der Waals surface area contributed by atoms with E-state index in [4.69, 9.17) is 10.3 Å². The quantitative estimate of drug-likeness (QED) is 0.839. The summed E-state index contributed by atoms with van der Waals surface area (Å²) in [5.74, 6) is 1.18. The lowest BCUT2D eigenvalue weighted by Crippen LogP contribution is -2.21. The Balaban J connectivity index is 2.18. The van der Waals surface area contributed by atoms with Gasteiger partial charge >= 0.3 is 0 Å². The molecule has 5 heteroatoms. The zero-order valence-corrected chi connectivity index (χ0v) is 9.63. The maximum absolute atomic E-state index is 9.36. The molecule has 0 aliphatic rings. The molecule has 1 aromatic heterocycles. The van der Waals surface area contributed by atoms with Gasteiger partial charge in [0.1, 0.15) is 5.75 Å². The molecule has 1 unspecified atom stereocenters. The standard InChI is InChI=1S/C12H15N3O2/c1-2-9(13)7-11-14-12(15-17-11)8-4-3-5-10(16)6-8/h3-6,9,16H,2,7,13H2,1H3. The fraction of sp³-hybridized carbons (Fsp3) is 0.333. The summed E-state index contributed by atoms with van der Waals surface area (Å²) in [6, 6.07) is 6.77. The molecule has 2 rings (SSSR count). The van der Waals surface area contributed by atoms with Crippen LogP contribution in [-0.2, 0) is 6.42 Å². The van der Waals surface area contributed by atoms with Crippen molar-refractivity contribution in [2.75, 3.05) is 0 Å². The van der Waals surface area contributed by atoms with Crippen LogP contribution in [0.3, 0.4) is 0 Å². The van der Waals surface area contributed by atoms with E-state index in [-0.39, 0.29) is 11.8 Å².